The molecule has 0 spiro atoms. The van der Waals surface area contributed by atoms with Crippen LogP contribution in [0.15, 0.2) is 18.2 Å². The summed E-state index contributed by atoms with van der Waals surface area (Å²) < 4.78 is 0. The van der Waals surface area contributed by atoms with Gasteiger partial charge in [0.2, 0.25) is 5.91 Å². The van der Waals surface area contributed by atoms with Crippen molar-refractivity contribution >= 4 is 11.6 Å². The molecule has 92 valence electrons. The van der Waals surface area contributed by atoms with E-state index >= 15 is 0 Å². The van der Waals surface area contributed by atoms with E-state index in [1.807, 2.05) is 11.9 Å². The second kappa shape index (κ2) is 4.78. The average Bonchev–Trinajstić information content (AvgIpc) is 3.05. The lowest BCUT2D eigenvalue weighted by molar-refractivity contribution is -0.119. The summed E-state index contributed by atoms with van der Waals surface area (Å²) in [5, 5.41) is 3.01. The van der Waals surface area contributed by atoms with E-state index in [-0.39, 0.29) is 5.91 Å². The van der Waals surface area contributed by atoms with E-state index in [1.165, 1.54) is 11.1 Å². The molecule has 1 fully saturated rings. The molecule has 0 atom stereocenters. The van der Waals surface area contributed by atoms with E-state index in [0.717, 1.165) is 18.5 Å². The van der Waals surface area contributed by atoms with Crippen molar-refractivity contribution in [2.75, 3.05) is 18.5 Å². The van der Waals surface area contributed by atoms with Crippen LogP contribution >= 0.6 is 0 Å². The Hall–Kier alpha value is -1.51. The van der Waals surface area contributed by atoms with Crippen molar-refractivity contribution in [1.29, 1.82) is 0 Å². The number of hydrogen-bond acceptors (Lipinski definition) is 2. The molecule has 17 heavy (non-hydrogen) atoms. The molecule has 1 amide bonds. The van der Waals surface area contributed by atoms with Gasteiger partial charge in [0, 0.05) is 18.8 Å². The molecule has 1 aromatic rings. The fourth-order valence-electron chi connectivity index (χ4n) is 1.93. The molecule has 0 radical (unpaired) electrons. The molecule has 0 unspecified atom stereocenters. The number of likely N-dealkylation sites (N-methyl/N-ethyl adjacent to an activating group) is 1. The van der Waals surface area contributed by atoms with Gasteiger partial charge < -0.3 is 10.2 Å². The van der Waals surface area contributed by atoms with Crippen LogP contribution in [-0.2, 0) is 4.79 Å². The third-order valence-electron chi connectivity index (χ3n) is 3.10. The van der Waals surface area contributed by atoms with Gasteiger partial charge in [0.15, 0.2) is 0 Å². The van der Waals surface area contributed by atoms with E-state index in [2.05, 4.69) is 37.4 Å². The second-order valence-electron chi connectivity index (χ2n) is 4.99. The normalized spacial score (nSPS) is 14.5. The number of nitrogens with one attached hydrogen (secondary N) is 1. The van der Waals surface area contributed by atoms with E-state index in [0.29, 0.717) is 12.6 Å². The van der Waals surface area contributed by atoms with Crippen molar-refractivity contribution in [1.82, 2.24) is 5.32 Å². The van der Waals surface area contributed by atoms with Gasteiger partial charge in [0.1, 0.15) is 0 Å². The van der Waals surface area contributed by atoms with Crippen LogP contribution in [0, 0.1) is 13.8 Å². The Bertz CT molecular complexity index is 424. The van der Waals surface area contributed by atoms with Crippen LogP contribution in [-0.4, -0.2) is 25.5 Å². The van der Waals surface area contributed by atoms with Gasteiger partial charge in [-0.05, 0) is 43.9 Å². The van der Waals surface area contributed by atoms with Gasteiger partial charge in [-0.3, -0.25) is 4.79 Å². The van der Waals surface area contributed by atoms with Crippen LogP contribution in [0.25, 0.3) is 0 Å². The molecule has 3 nitrogen and oxygen atoms in total. The lowest BCUT2D eigenvalue weighted by Gasteiger charge is -2.21. The van der Waals surface area contributed by atoms with Gasteiger partial charge in [-0.15, -0.1) is 0 Å². The summed E-state index contributed by atoms with van der Waals surface area (Å²) in [5.41, 5.74) is 3.56. The van der Waals surface area contributed by atoms with E-state index in [1.54, 1.807) is 0 Å². The number of amides is 1. The molecule has 1 aliphatic carbocycles. The van der Waals surface area contributed by atoms with Crippen LogP contribution < -0.4 is 10.2 Å². The minimum absolute atomic E-state index is 0.121. The Morgan fingerprint density at radius 3 is 2.76 bits per heavy atom. The smallest absolute Gasteiger partial charge is 0.239 e. The number of anilines is 1. The van der Waals surface area contributed by atoms with Crippen molar-refractivity contribution in [3.05, 3.63) is 29.3 Å². The van der Waals surface area contributed by atoms with E-state index in [9.17, 15) is 4.79 Å². The lowest BCUT2D eigenvalue weighted by Crippen LogP contribution is -2.36. The number of benzene rings is 1. The number of aryl methyl sites for hydroxylation is 2. The molecule has 1 saturated carbocycles. The minimum atomic E-state index is 0.121. The van der Waals surface area contributed by atoms with Crippen LogP contribution in [0.5, 0.6) is 0 Å². The SMILES string of the molecule is Cc1ccc(C)c(N(C)CC(=O)NC2CC2)c1. The highest BCUT2D eigenvalue weighted by Crippen LogP contribution is 2.21. The molecular formula is C14H20N2O. The highest BCUT2D eigenvalue weighted by atomic mass is 16.2. The van der Waals surface area contributed by atoms with Gasteiger partial charge in [0.05, 0.1) is 6.54 Å². The van der Waals surface area contributed by atoms with Crippen molar-refractivity contribution in [2.45, 2.75) is 32.7 Å². The number of carbonyl (C=O) groups is 1. The van der Waals surface area contributed by atoms with E-state index < -0.39 is 0 Å². The Labute approximate surface area is 103 Å². The fourth-order valence-corrected chi connectivity index (χ4v) is 1.93. The van der Waals surface area contributed by atoms with Crippen molar-refractivity contribution in [3.8, 4) is 0 Å². The molecule has 2 rings (SSSR count). The summed E-state index contributed by atoms with van der Waals surface area (Å²) in [6.07, 6.45) is 2.28. The fraction of sp³-hybridized carbons (Fsp3) is 0.500. The highest BCUT2D eigenvalue weighted by molar-refractivity contribution is 5.82. The first-order valence-corrected chi connectivity index (χ1v) is 6.14. The number of hydrogen-bond donors (Lipinski definition) is 1. The summed E-state index contributed by atoms with van der Waals surface area (Å²) in [6.45, 7) is 4.58. The summed E-state index contributed by atoms with van der Waals surface area (Å²) >= 11 is 0. The van der Waals surface area contributed by atoms with Gasteiger partial charge in [0.25, 0.3) is 0 Å². The molecule has 0 bridgehead atoms. The topological polar surface area (TPSA) is 32.3 Å². The van der Waals surface area contributed by atoms with Crippen molar-refractivity contribution in [3.63, 3.8) is 0 Å². The maximum atomic E-state index is 11.7. The maximum absolute atomic E-state index is 11.7. The Balaban J connectivity index is 1.99. The maximum Gasteiger partial charge on any atom is 0.239 e. The second-order valence-corrected chi connectivity index (χ2v) is 4.99. The molecule has 3 heteroatoms. The number of nitrogens with zero attached hydrogens (tertiary/aromatic N) is 1. The van der Waals surface area contributed by atoms with Crippen LogP contribution in [0.2, 0.25) is 0 Å². The zero-order valence-electron chi connectivity index (χ0n) is 10.8. The summed E-state index contributed by atoms with van der Waals surface area (Å²) in [6, 6.07) is 6.76. The Kier molecular flexibility index (Phi) is 3.36. The third-order valence-corrected chi connectivity index (χ3v) is 3.10. The predicted octanol–water partition coefficient (Wildman–Crippen LogP) is 2.02. The first-order valence-electron chi connectivity index (χ1n) is 6.14. The molecule has 0 aromatic heterocycles. The number of rotatable bonds is 4. The summed E-state index contributed by atoms with van der Waals surface area (Å²) in [4.78, 5) is 13.7. The molecule has 1 aromatic carbocycles. The largest absolute Gasteiger partial charge is 0.365 e. The first-order chi connectivity index (χ1) is 8.06. The first kappa shape index (κ1) is 12.0. The van der Waals surface area contributed by atoms with Crippen LogP contribution in [0.3, 0.4) is 0 Å². The zero-order chi connectivity index (χ0) is 12.4. The standard InChI is InChI=1S/C14H20N2O/c1-10-4-5-11(2)13(8-10)16(3)9-14(17)15-12-6-7-12/h4-5,8,12H,6-7,9H2,1-3H3,(H,15,17). The summed E-state index contributed by atoms with van der Waals surface area (Å²) in [5.74, 6) is 0.121. The Morgan fingerprint density at radius 1 is 1.41 bits per heavy atom. The molecular weight excluding hydrogens is 212 g/mol. The van der Waals surface area contributed by atoms with Gasteiger partial charge in [-0.25, -0.2) is 0 Å². The molecule has 0 heterocycles. The zero-order valence-corrected chi connectivity index (χ0v) is 10.8. The third kappa shape index (κ3) is 3.22. The molecule has 0 saturated heterocycles. The molecule has 1 aliphatic rings. The monoisotopic (exact) mass is 232 g/mol. The molecule has 1 N–H and O–H groups in total. The van der Waals surface area contributed by atoms with Gasteiger partial charge >= 0.3 is 0 Å². The van der Waals surface area contributed by atoms with Gasteiger partial charge in [-0.2, -0.15) is 0 Å². The van der Waals surface area contributed by atoms with Crippen LogP contribution in [0.4, 0.5) is 5.69 Å². The number of carbonyl (C=O) groups excluding carboxylic acids is 1. The van der Waals surface area contributed by atoms with Crippen molar-refractivity contribution < 1.29 is 4.79 Å². The lowest BCUT2D eigenvalue weighted by atomic mass is 10.1. The Morgan fingerprint density at radius 2 is 2.12 bits per heavy atom. The van der Waals surface area contributed by atoms with Crippen molar-refractivity contribution in [2.24, 2.45) is 0 Å². The quantitative estimate of drug-likeness (QED) is 0.861. The molecule has 0 aliphatic heterocycles. The highest BCUT2D eigenvalue weighted by Gasteiger charge is 2.23. The average molecular weight is 232 g/mol. The predicted molar refractivity (Wildman–Crippen MR) is 70.4 cm³/mol. The van der Waals surface area contributed by atoms with Crippen LogP contribution in [0.1, 0.15) is 24.0 Å². The summed E-state index contributed by atoms with van der Waals surface area (Å²) in [7, 11) is 1.97. The van der Waals surface area contributed by atoms with E-state index in [4.69, 9.17) is 0 Å². The van der Waals surface area contributed by atoms with Gasteiger partial charge in [-0.1, -0.05) is 12.1 Å². The minimum Gasteiger partial charge on any atom is -0.365 e.